The highest BCUT2D eigenvalue weighted by Gasteiger charge is 2.17. The van der Waals surface area contributed by atoms with Crippen LogP contribution in [0.3, 0.4) is 0 Å². The number of nitrogens with one attached hydrogen (secondary N) is 1. The first-order chi connectivity index (χ1) is 8.08. The summed E-state index contributed by atoms with van der Waals surface area (Å²) in [6, 6.07) is 1.57. The molecule has 0 atom stereocenters. The third-order valence-electron chi connectivity index (χ3n) is 1.89. The first kappa shape index (κ1) is 11.4. The molecule has 0 bridgehead atoms. The van der Waals surface area contributed by atoms with Gasteiger partial charge in [-0.05, 0) is 12.1 Å². The molecular weight excluding hydrogens is 250 g/mol. The average molecular weight is 256 g/mol. The zero-order chi connectivity index (χ0) is 12.4. The smallest absolute Gasteiger partial charge is 0.260 e. The number of amides is 1. The molecule has 0 saturated heterocycles. The van der Waals surface area contributed by atoms with Crippen LogP contribution in [0.1, 0.15) is 10.4 Å². The molecule has 0 radical (unpaired) electrons. The molecule has 17 heavy (non-hydrogen) atoms. The van der Waals surface area contributed by atoms with Crippen LogP contribution in [0.2, 0.25) is 0 Å². The summed E-state index contributed by atoms with van der Waals surface area (Å²) in [5.74, 6) is -2.58. The van der Waals surface area contributed by atoms with Crippen molar-refractivity contribution in [1.82, 2.24) is 10.2 Å². The molecular formula is C9H6F2N4OS. The number of carbonyl (C=O) groups excluding carboxylic acids is 1. The number of nitrogens with zero attached hydrogens (tertiary/aromatic N) is 2. The fraction of sp³-hybridized carbons (Fsp3) is 0. The van der Waals surface area contributed by atoms with Gasteiger partial charge in [0.25, 0.3) is 5.91 Å². The Balaban J connectivity index is 2.31. The summed E-state index contributed by atoms with van der Waals surface area (Å²) < 4.78 is 26.5. The van der Waals surface area contributed by atoms with Gasteiger partial charge in [0.05, 0.1) is 11.3 Å². The van der Waals surface area contributed by atoms with E-state index in [-0.39, 0.29) is 5.13 Å². The Labute approximate surface area is 98.3 Å². The van der Waals surface area contributed by atoms with Crippen LogP contribution < -0.4 is 11.1 Å². The number of hydrogen-bond acceptors (Lipinski definition) is 5. The van der Waals surface area contributed by atoms with Crippen molar-refractivity contribution in [3.05, 3.63) is 34.8 Å². The molecule has 0 aliphatic heterocycles. The number of hydrogen-bond donors (Lipinski definition) is 2. The predicted molar refractivity (Wildman–Crippen MR) is 58.6 cm³/mol. The minimum atomic E-state index is -0.964. The van der Waals surface area contributed by atoms with E-state index in [9.17, 15) is 13.6 Å². The molecule has 0 aliphatic rings. The predicted octanol–water partition coefficient (Wildman–Crippen LogP) is 1.65. The Hall–Kier alpha value is -2.09. The molecule has 0 aliphatic carbocycles. The topological polar surface area (TPSA) is 80.9 Å². The van der Waals surface area contributed by atoms with E-state index in [0.29, 0.717) is 0 Å². The van der Waals surface area contributed by atoms with E-state index in [0.717, 1.165) is 23.5 Å². The van der Waals surface area contributed by atoms with Gasteiger partial charge in [-0.25, -0.2) is 8.78 Å². The highest BCUT2D eigenvalue weighted by molar-refractivity contribution is 7.13. The van der Waals surface area contributed by atoms with Crippen LogP contribution in [-0.2, 0) is 0 Å². The van der Waals surface area contributed by atoms with Crippen molar-refractivity contribution in [3.63, 3.8) is 0 Å². The fourth-order valence-corrected chi connectivity index (χ4v) is 1.61. The lowest BCUT2D eigenvalue weighted by Gasteiger charge is -2.05. The van der Waals surface area contributed by atoms with Gasteiger partial charge in [0, 0.05) is 0 Å². The van der Waals surface area contributed by atoms with Crippen LogP contribution in [0.4, 0.5) is 19.6 Å². The highest BCUT2D eigenvalue weighted by Crippen LogP contribution is 2.19. The number of carbonyl (C=O) groups is 1. The molecule has 0 saturated carbocycles. The summed E-state index contributed by atoms with van der Waals surface area (Å²) in [4.78, 5) is 11.6. The second kappa shape index (κ2) is 4.42. The third kappa shape index (κ3) is 2.36. The minimum absolute atomic E-state index is 0.192. The normalized spacial score (nSPS) is 10.2. The maximum absolute atomic E-state index is 13.5. The number of nitrogens with two attached hydrogens (primary N) is 1. The van der Waals surface area contributed by atoms with E-state index in [1.54, 1.807) is 0 Å². The van der Waals surface area contributed by atoms with Crippen molar-refractivity contribution >= 4 is 28.1 Å². The van der Waals surface area contributed by atoms with Crippen molar-refractivity contribution < 1.29 is 13.6 Å². The van der Waals surface area contributed by atoms with Gasteiger partial charge in [0.15, 0.2) is 5.82 Å². The lowest BCUT2D eigenvalue weighted by molar-refractivity contribution is 0.102. The van der Waals surface area contributed by atoms with E-state index in [2.05, 4.69) is 15.5 Å². The van der Waals surface area contributed by atoms with Crippen LogP contribution in [0.15, 0.2) is 17.6 Å². The minimum Gasteiger partial charge on any atom is -0.396 e. The Morgan fingerprint density at radius 1 is 1.41 bits per heavy atom. The van der Waals surface area contributed by atoms with Crippen molar-refractivity contribution in [1.29, 1.82) is 0 Å². The Kier molecular flexibility index (Phi) is 2.96. The van der Waals surface area contributed by atoms with Gasteiger partial charge in [0.2, 0.25) is 5.13 Å². The Morgan fingerprint density at radius 2 is 2.18 bits per heavy atom. The van der Waals surface area contributed by atoms with Crippen LogP contribution in [0.25, 0.3) is 0 Å². The van der Waals surface area contributed by atoms with Gasteiger partial charge in [-0.15, -0.1) is 10.2 Å². The van der Waals surface area contributed by atoms with E-state index in [1.165, 1.54) is 5.51 Å². The van der Waals surface area contributed by atoms with Gasteiger partial charge < -0.3 is 5.73 Å². The second-order valence-electron chi connectivity index (χ2n) is 3.05. The van der Waals surface area contributed by atoms with E-state index in [1.807, 2.05) is 0 Å². The maximum Gasteiger partial charge on any atom is 0.260 e. The molecule has 0 unspecified atom stereocenters. The molecule has 0 fully saturated rings. The average Bonchev–Trinajstić information content (AvgIpc) is 2.76. The Morgan fingerprint density at radius 3 is 2.82 bits per heavy atom. The lowest BCUT2D eigenvalue weighted by atomic mass is 10.1. The quantitative estimate of drug-likeness (QED) is 0.800. The van der Waals surface area contributed by atoms with Gasteiger partial charge in [-0.3, -0.25) is 10.1 Å². The van der Waals surface area contributed by atoms with Crippen LogP contribution in [0, 0.1) is 11.6 Å². The van der Waals surface area contributed by atoms with Gasteiger partial charge >= 0.3 is 0 Å². The third-order valence-corrected chi connectivity index (χ3v) is 2.50. The molecule has 2 aromatic rings. The zero-order valence-electron chi connectivity index (χ0n) is 8.28. The van der Waals surface area contributed by atoms with Gasteiger partial charge in [0.1, 0.15) is 11.3 Å². The van der Waals surface area contributed by atoms with E-state index < -0.39 is 28.8 Å². The molecule has 8 heteroatoms. The molecule has 0 spiro atoms. The summed E-state index contributed by atoms with van der Waals surface area (Å²) in [5, 5.41) is 9.50. The number of anilines is 2. The van der Waals surface area contributed by atoms with Crippen molar-refractivity contribution in [3.8, 4) is 0 Å². The second-order valence-corrected chi connectivity index (χ2v) is 3.89. The largest absolute Gasteiger partial charge is 0.396 e. The number of rotatable bonds is 2. The number of aromatic nitrogens is 2. The summed E-state index contributed by atoms with van der Waals surface area (Å²) in [6.07, 6.45) is 0. The first-order valence-electron chi connectivity index (χ1n) is 4.40. The molecule has 1 aromatic heterocycles. The lowest BCUT2D eigenvalue weighted by Crippen LogP contribution is -2.15. The summed E-state index contributed by atoms with van der Waals surface area (Å²) in [7, 11) is 0. The number of benzene rings is 1. The molecule has 1 aromatic carbocycles. The maximum atomic E-state index is 13.5. The molecule has 1 amide bonds. The van der Waals surface area contributed by atoms with Crippen molar-refractivity contribution in [2.45, 2.75) is 0 Å². The number of halogens is 2. The summed E-state index contributed by atoms with van der Waals surface area (Å²) >= 11 is 1.06. The van der Waals surface area contributed by atoms with Gasteiger partial charge in [-0.1, -0.05) is 11.3 Å². The standard InChI is InChI=1S/C9H6F2N4OS/c10-4-1-5(7(11)6(12)2-4)8(16)14-9-15-13-3-17-9/h1-3H,12H2,(H,14,15,16). The molecule has 5 nitrogen and oxygen atoms in total. The first-order valence-corrected chi connectivity index (χ1v) is 5.28. The van der Waals surface area contributed by atoms with Crippen LogP contribution in [0.5, 0.6) is 0 Å². The van der Waals surface area contributed by atoms with Crippen molar-refractivity contribution in [2.24, 2.45) is 0 Å². The van der Waals surface area contributed by atoms with Crippen molar-refractivity contribution in [2.75, 3.05) is 11.1 Å². The Bertz CT molecular complexity index is 558. The highest BCUT2D eigenvalue weighted by atomic mass is 32.1. The SMILES string of the molecule is Nc1cc(F)cc(C(=O)Nc2nncs2)c1F. The molecule has 3 N–H and O–H groups in total. The van der Waals surface area contributed by atoms with Crippen LogP contribution >= 0.6 is 11.3 Å². The van der Waals surface area contributed by atoms with E-state index in [4.69, 9.17) is 5.73 Å². The van der Waals surface area contributed by atoms with Gasteiger partial charge in [-0.2, -0.15) is 0 Å². The number of nitrogen functional groups attached to an aromatic ring is 1. The zero-order valence-corrected chi connectivity index (χ0v) is 9.09. The molecule has 1 heterocycles. The molecule has 2 rings (SSSR count). The fourth-order valence-electron chi connectivity index (χ4n) is 1.17. The monoisotopic (exact) mass is 256 g/mol. The molecule has 88 valence electrons. The summed E-state index contributed by atoms with van der Waals surface area (Å²) in [6.45, 7) is 0. The van der Waals surface area contributed by atoms with Crippen LogP contribution in [-0.4, -0.2) is 16.1 Å². The van der Waals surface area contributed by atoms with E-state index >= 15 is 0 Å². The summed E-state index contributed by atoms with van der Waals surface area (Å²) in [5.41, 5.74) is 5.71.